The number of nitrogens with zero attached hydrogens (tertiary/aromatic N) is 2. The lowest BCUT2D eigenvalue weighted by molar-refractivity contribution is 0.476. The van der Waals surface area contributed by atoms with Crippen LogP contribution in [0.15, 0.2) is 42.7 Å². The summed E-state index contributed by atoms with van der Waals surface area (Å²) in [4.78, 5) is 8.06. The van der Waals surface area contributed by atoms with Gasteiger partial charge in [-0.2, -0.15) is 0 Å². The van der Waals surface area contributed by atoms with Crippen molar-refractivity contribution in [3.8, 4) is 11.5 Å². The van der Waals surface area contributed by atoms with E-state index in [-0.39, 0.29) is 0 Å². The Kier molecular flexibility index (Phi) is 2.90. The Labute approximate surface area is 87.7 Å². The molecule has 4 heteroatoms. The maximum Gasteiger partial charge on any atom is 0.164 e. The highest BCUT2D eigenvalue weighted by Gasteiger charge is 1.97. The van der Waals surface area contributed by atoms with Gasteiger partial charge in [0.2, 0.25) is 0 Å². The van der Waals surface area contributed by atoms with E-state index >= 15 is 0 Å². The van der Waals surface area contributed by atoms with E-state index in [1.165, 1.54) is 0 Å². The Morgan fingerprint density at radius 2 is 1.67 bits per heavy atom. The summed E-state index contributed by atoms with van der Waals surface area (Å²) in [7, 11) is 0. The molecule has 0 aliphatic carbocycles. The largest absolute Gasteiger partial charge is 0.454 e. The zero-order chi connectivity index (χ0) is 10.5. The maximum absolute atomic E-state index is 5.51. The van der Waals surface area contributed by atoms with Crippen molar-refractivity contribution < 1.29 is 4.74 Å². The van der Waals surface area contributed by atoms with Crippen LogP contribution in [0, 0.1) is 0 Å². The zero-order valence-electron chi connectivity index (χ0n) is 8.13. The molecular weight excluding hydrogens is 190 g/mol. The molecule has 1 aromatic carbocycles. The lowest BCUT2D eigenvalue weighted by Crippen LogP contribution is -2.02. The Bertz CT molecular complexity index is 414. The minimum absolute atomic E-state index is 0.339. The minimum atomic E-state index is 0.339. The Morgan fingerprint density at radius 1 is 1.00 bits per heavy atom. The van der Waals surface area contributed by atoms with Gasteiger partial charge in [-0.15, -0.1) is 0 Å². The number of benzene rings is 1. The molecule has 76 valence electrons. The number of ether oxygens (including phenoxy) is 1. The first-order valence-electron chi connectivity index (χ1n) is 4.62. The fraction of sp³-hybridized carbons (Fsp3) is 0.0909. The molecule has 0 radical (unpaired) electrons. The van der Waals surface area contributed by atoms with Gasteiger partial charge in [0.25, 0.3) is 0 Å². The van der Waals surface area contributed by atoms with Gasteiger partial charge in [0.15, 0.2) is 5.75 Å². The topological polar surface area (TPSA) is 61.0 Å². The number of hydrogen-bond donors (Lipinski definition) is 1. The Balaban J connectivity index is 2.11. The van der Waals surface area contributed by atoms with Gasteiger partial charge in [-0.3, -0.25) is 0 Å². The van der Waals surface area contributed by atoms with Crippen LogP contribution in [0.25, 0.3) is 0 Å². The third-order valence-electron chi connectivity index (χ3n) is 1.84. The molecule has 0 unspecified atom stereocenters. The predicted octanol–water partition coefficient (Wildman–Crippen LogP) is 1.73. The van der Waals surface area contributed by atoms with E-state index in [2.05, 4.69) is 9.97 Å². The van der Waals surface area contributed by atoms with Crippen LogP contribution in [0.5, 0.6) is 11.5 Å². The van der Waals surface area contributed by atoms with Crippen molar-refractivity contribution in [2.45, 2.75) is 6.54 Å². The van der Waals surface area contributed by atoms with E-state index in [1.54, 1.807) is 12.4 Å². The van der Waals surface area contributed by atoms with Gasteiger partial charge in [0, 0.05) is 0 Å². The molecule has 0 aliphatic heterocycles. The van der Waals surface area contributed by atoms with Gasteiger partial charge < -0.3 is 10.5 Å². The van der Waals surface area contributed by atoms with Crippen LogP contribution < -0.4 is 10.5 Å². The molecule has 0 fully saturated rings. The van der Waals surface area contributed by atoms with Crippen molar-refractivity contribution in [1.29, 1.82) is 0 Å². The lowest BCUT2D eigenvalue weighted by atomic mass is 10.3. The summed E-state index contributed by atoms with van der Waals surface area (Å²) < 4.78 is 5.51. The fourth-order valence-corrected chi connectivity index (χ4v) is 1.13. The summed E-state index contributed by atoms with van der Waals surface area (Å²) in [6, 6.07) is 9.49. The average Bonchev–Trinajstić information content (AvgIpc) is 2.31. The summed E-state index contributed by atoms with van der Waals surface area (Å²) in [5.41, 5.74) is 5.39. The first kappa shape index (κ1) is 9.61. The van der Waals surface area contributed by atoms with Gasteiger partial charge >= 0.3 is 0 Å². The summed E-state index contributed by atoms with van der Waals surface area (Å²) >= 11 is 0. The zero-order valence-corrected chi connectivity index (χ0v) is 8.13. The van der Waals surface area contributed by atoms with Crippen LogP contribution in [-0.4, -0.2) is 9.97 Å². The summed E-state index contributed by atoms with van der Waals surface area (Å²) in [6.07, 6.45) is 3.23. The molecule has 0 saturated carbocycles. The van der Waals surface area contributed by atoms with E-state index in [0.29, 0.717) is 18.1 Å². The molecule has 15 heavy (non-hydrogen) atoms. The molecule has 1 heterocycles. The van der Waals surface area contributed by atoms with Gasteiger partial charge in [-0.05, 0) is 12.1 Å². The van der Waals surface area contributed by atoms with Crippen LogP contribution in [-0.2, 0) is 6.54 Å². The molecule has 0 atom stereocenters. The third-order valence-corrected chi connectivity index (χ3v) is 1.84. The maximum atomic E-state index is 5.51. The fourth-order valence-electron chi connectivity index (χ4n) is 1.13. The highest BCUT2D eigenvalue weighted by molar-refractivity contribution is 5.27. The van der Waals surface area contributed by atoms with E-state index in [9.17, 15) is 0 Å². The molecule has 2 aromatic rings. The minimum Gasteiger partial charge on any atom is -0.454 e. The Morgan fingerprint density at radius 3 is 2.27 bits per heavy atom. The van der Waals surface area contributed by atoms with E-state index < -0.39 is 0 Å². The van der Waals surface area contributed by atoms with Crippen molar-refractivity contribution in [1.82, 2.24) is 9.97 Å². The number of nitrogens with two attached hydrogens (primary N) is 1. The highest BCUT2D eigenvalue weighted by Crippen LogP contribution is 2.18. The normalized spacial score (nSPS) is 9.93. The van der Waals surface area contributed by atoms with E-state index in [0.717, 1.165) is 5.75 Å². The molecule has 0 amide bonds. The van der Waals surface area contributed by atoms with Gasteiger partial charge in [-0.1, -0.05) is 18.2 Å². The molecule has 0 saturated heterocycles. The summed E-state index contributed by atoms with van der Waals surface area (Å²) in [6.45, 7) is 0.339. The molecule has 0 bridgehead atoms. The van der Waals surface area contributed by atoms with Crippen molar-refractivity contribution in [3.63, 3.8) is 0 Å². The van der Waals surface area contributed by atoms with Crippen molar-refractivity contribution in [2.24, 2.45) is 5.73 Å². The monoisotopic (exact) mass is 201 g/mol. The SMILES string of the molecule is NCc1ncc(Oc2ccccc2)cn1. The van der Waals surface area contributed by atoms with Crippen LogP contribution in [0.4, 0.5) is 0 Å². The second kappa shape index (κ2) is 4.52. The molecule has 2 N–H and O–H groups in total. The van der Waals surface area contributed by atoms with Crippen LogP contribution in [0.1, 0.15) is 5.82 Å². The Hall–Kier alpha value is -1.94. The summed E-state index contributed by atoms with van der Waals surface area (Å²) in [5, 5.41) is 0. The molecule has 0 aliphatic rings. The molecular formula is C11H11N3O. The van der Waals surface area contributed by atoms with Crippen LogP contribution in [0.3, 0.4) is 0 Å². The molecule has 0 spiro atoms. The second-order valence-electron chi connectivity index (χ2n) is 2.95. The molecule has 4 nitrogen and oxygen atoms in total. The number of para-hydroxylation sites is 1. The smallest absolute Gasteiger partial charge is 0.164 e. The number of hydrogen-bond acceptors (Lipinski definition) is 4. The lowest BCUT2D eigenvalue weighted by Gasteiger charge is -2.04. The first-order chi connectivity index (χ1) is 7.38. The first-order valence-corrected chi connectivity index (χ1v) is 4.62. The van der Waals surface area contributed by atoms with Gasteiger partial charge in [0.1, 0.15) is 11.6 Å². The second-order valence-corrected chi connectivity index (χ2v) is 2.95. The van der Waals surface area contributed by atoms with Gasteiger partial charge in [0.05, 0.1) is 18.9 Å². The van der Waals surface area contributed by atoms with Crippen LogP contribution >= 0.6 is 0 Å². The van der Waals surface area contributed by atoms with E-state index in [4.69, 9.17) is 10.5 Å². The highest BCUT2D eigenvalue weighted by atomic mass is 16.5. The van der Waals surface area contributed by atoms with E-state index in [1.807, 2.05) is 30.3 Å². The average molecular weight is 201 g/mol. The summed E-state index contributed by atoms with van der Waals surface area (Å²) in [5.74, 6) is 1.98. The number of rotatable bonds is 3. The predicted molar refractivity (Wildman–Crippen MR) is 56.4 cm³/mol. The van der Waals surface area contributed by atoms with Gasteiger partial charge in [-0.25, -0.2) is 9.97 Å². The quantitative estimate of drug-likeness (QED) is 0.821. The van der Waals surface area contributed by atoms with Crippen LogP contribution in [0.2, 0.25) is 0 Å². The molecule has 2 rings (SSSR count). The standard InChI is InChI=1S/C11H11N3O/c12-6-11-13-7-10(8-14-11)15-9-4-2-1-3-5-9/h1-5,7-8H,6,12H2. The molecule has 1 aromatic heterocycles. The number of aromatic nitrogens is 2. The van der Waals surface area contributed by atoms with Crippen molar-refractivity contribution in [2.75, 3.05) is 0 Å². The van der Waals surface area contributed by atoms with Crippen molar-refractivity contribution >= 4 is 0 Å². The van der Waals surface area contributed by atoms with Crippen molar-refractivity contribution in [3.05, 3.63) is 48.5 Å². The third kappa shape index (κ3) is 2.51.